The fraction of sp³-hybridized carbons (Fsp3) is 1.00. The Morgan fingerprint density at radius 2 is 1.82 bits per heavy atom. The lowest BCUT2D eigenvalue weighted by Crippen LogP contribution is -2.27. The van der Waals surface area contributed by atoms with Crippen LogP contribution in [0.25, 0.3) is 0 Å². The fourth-order valence-corrected chi connectivity index (χ4v) is 0.880. The summed E-state index contributed by atoms with van der Waals surface area (Å²) in [6.07, 6.45) is 2.71. The van der Waals surface area contributed by atoms with Crippen molar-refractivity contribution in [3.63, 3.8) is 0 Å². The van der Waals surface area contributed by atoms with E-state index >= 15 is 0 Å². The van der Waals surface area contributed by atoms with Crippen LogP contribution in [0.4, 0.5) is 0 Å². The quantitative estimate of drug-likeness (QED) is 0.566. The molecule has 0 bridgehead atoms. The van der Waals surface area contributed by atoms with Gasteiger partial charge in [-0.15, -0.1) is 0 Å². The second-order valence-corrected chi connectivity index (χ2v) is 2.74. The van der Waals surface area contributed by atoms with Gasteiger partial charge in [0, 0.05) is 12.6 Å². The second-order valence-electron chi connectivity index (χ2n) is 2.74. The Kier molecular flexibility index (Phi) is 6.51. The Labute approximate surface area is 69.1 Å². The van der Waals surface area contributed by atoms with Crippen molar-refractivity contribution >= 4 is 0 Å². The van der Waals surface area contributed by atoms with Crippen molar-refractivity contribution in [2.75, 3.05) is 6.61 Å². The summed E-state index contributed by atoms with van der Waals surface area (Å²) in [5.74, 6) is 0. The van der Waals surface area contributed by atoms with Crippen LogP contribution in [0.15, 0.2) is 0 Å². The lowest BCUT2D eigenvalue weighted by atomic mass is 10.1. The van der Waals surface area contributed by atoms with Crippen LogP contribution in [0, 0.1) is 0 Å². The van der Waals surface area contributed by atoms with Gasteiger partial charge in [-0.1, -0.05) is 6.92 Å². The topological polar surface area (TPSA) is 61.3 Å². The summed E-state index contributed by atoms with van der Waals surface area (Å²) in [7, 11) is 0. The highest BCUT2D eigenvalue weighted by molar-refractivity contribution is 4.60. The zero-order valence-corrected chi connectivity index (χ0v) is 7.55. The molecule has 3 nitrogen and oxygen atoms in total. The molecule has 0 aromatic rings. The van der Waals surface area contributed by atoms with Crippen molar-refractivity contribution in [3.8, 4) is 0 Å². The molecule has 0 aliphatic rings. The average molecular weight is 160 g/mol. The summed E-state index contributed by atoms with van der Waals surface area (Å²) in [6.45, 7) is 4.71. The van der Waals surface area contributed by atoms with E-state index in [0.717, 1.165) is 19.3 Å². The first-order chi connectivity index (χ1) is 5.20. The molecule has 2 unspecified atom stereocenters. The predicted molar refractivity (Wildman–Crippen MR) is 47.1 cm³/mol. The number of nitrogens with two attached hydrogens (primary N) is 2. The summed E-state index contributed by atoms with van der Waals surface area (Å²) < 4.78 is 5.16. The highest BCUT2D eigenvalue weighted by atomic mass is 16.5. The molecule has 0 aromatic carbocycles. The molecule has 11 heavy (non-hydrogen) atoms. The molecule has 0 amide bonds. The van der Waals surface area contributed by atoms with Gasteiger partial charge in [0.1, 0.15) is 6.23 Å². The number of ether oxygens (including phenoxy) is 1. The molecule has 2 atom stereocenters. The van der Waals surface area contributed by atoms with Gasteiger partial charge in [-0.3, -0.25) is 0 Å². The number of hydrogen-bond donors (Lipinski definition) is 2. The Hall–Kier alpha value is -0.120. The van der Waals surface area contributed by atoms with E-state index in [-0.39, 0.29) is 12.3 Å². The first-order valence-electron chi connectivity index (χ1n) is 4.33. The van der Waals surface area contributed by atoms with Crippen LogP contribution in [0.3, 0.4) is 0 Å². The maximum absolute atomic E-state index is 5.71. The average Bonchev–Trinajstić information content (AvgIpc) is 2.01. The molecule has 68 valence electrons. The van der Waals surface area contributed by atoms with Crippen molar-refractivity contribution in [2.45, 2.75) is 45.4 Å². The SMILES string of the molecule is CCOC(N)CCC(N)CC. The minimum absolute atomic E-state index is 0.127. The first kappa shape index (κ1) is 10.9. The van der Waals surface area contributed by atoms with Gasteiger partial charge in [-0.25, -0.2) is 0 Å². The van der Waals surface area contributed by atoms with Gasteiger partial charge in [-0.2, -0.15) is 0 Å². The lowest BCUT2D eigenvalue weighted by molar-refractivity contribution is 0.0588. The third-order valence-electron chi connectivity index (χ3n) is 1.73. The smallest absolute Gasteiger partial charge is 0.105 e. The van der Waals surface area contributed by atoms with Crippen LogP contribution in [0.5, 0.6) is 0 Å². The monoisotopic (exact) mass is 160 g/mol. The molecule has 0 saturated carbocycles. The van der Waals surface area contributed by atoms with Crippen LogP contribution in [0.1, 0.15) is 33.1 Å². The van der Waals surface area contributed by atoms with E-state index < -0.39 is 0 Å². The number of hydrogen-bond acceptors (Lipinski definition) is 3. The third-order valence-corrected chi connectivity index (χ3v) is 1.73. The first-order valence-corrected chi connectivity index (χ1v) is 4.33. The van der Waals surface area contributed by atoms with Crippen molar-refractivity contribution < 1.29 is 4.74 Å². The minimum atomic E-state index is -0.127. The molecule has 4 N–H and O–H groups in total. The zero-order valence-electron chi connectivity index (χ0n) is 7.55. The Bertz CT molecular complexity index is 88.2. The molecule has 0 rings (SSSR count). The van der Waals surface area contributed by atoms with Gasteiger partial charge in [0.2, 0.25) is 0 Å². The molecule has 0 heterocycles. The molecule has 0 aromatic heterocycles. The highest BCUT2D eigenvalue weighted by Crippen LogP contribution is 2.01. The third kappa shape index (κ3) is 6.28. The van der Waals surface area contributed by atoms with E-state index in [1.165, 1.54) is 0 Å². The van der Waals surface area contributed by atoms with E-state index in [1.807, 2.05) is 6.92 Å². The van der Waals surface area contributed by atoms with Gasteiger partial charge in [0.15, 0.2) is 0 Å². The standard InChI is InChI=1S/C8H20N2O/c1-3-7(9)5-6-8(10)11-4-2/h7-8H,3-6,9-10H2,1-2H3. The predicted octanol–water partition coefficient (Wildman–Crippen LogP) is 0.825. The fourth-order valence-electron chi connectivity index (χ4n) is 0.880. The summed E-state index contributed by atoms with van der Waals surface area (Å²) in [4.78, 5) is 0. The molecule has 3 heteroatoms. The maximum atomic E-state index is 5.71. The zero-order chi connectivity index (χ0) is 8.69. The molecule has 0 aliphatic carbocycles. The Morgan fingerprint density at radius 1 is 1.18 bits per heavy atom. The van der Waals surface area contributed by atoms with Crippen molar-refractivity contribution in [2.24, 2.45) is 11.5 Å². The van der Waals surface area contributed by atoms with E-state index in [2.05, 4.69) is 6.92 Å². The summed E-state index contributed by atoms with van der Waals surface area (Å²) in [5, 5.41) is 0. The van der Waals surface area contributed by atoms with E-state index in [0.29, 0.717) is 6.61 Å². The summed E-state index contributed by atoms with van der Waals surface area (Å²) >= 11 is 0. The van der Waals surface area contributed by atoms with Crippen LogP contribution in [-0.4, -0.2) is 18.9 Å². The summed E-state index contributed by atoms with van der Waals surface area (Å²) in [5.41, 5.74) is 11.3. The molecule has 0 aliphatic heterocycles. The van der Waals surface area contributed by atoms with E-state index in [4.69, 9.17) is 16.2 Å². The Balaban J connectivity index is 3.22. The van der Waals surface area contributed by atoms with Gasteiger partial charge in [0.25, 0.3) is 0 Å². The van der Waals surface area contributed by atoms with Crippen LogP contribution in [0.2, 0.25) is 0 Å². The van der Waals surface area contributed by atoms with Gasteiger partial charge in [-0.05, 0) is 26.2 Å². The normalized spacial score (nSPS) is 16.4. The van der Waals surface area contributed by atoms with E-state index in [1.54, 1.807) is 0 Å². The molecular weight excluding hydrogens is 140 g/mol. The molecular formula is C8H20N2O. The second kappa shape index (κ2) is 6.58. The van der Waals surface area contributed by atoms with Gasteiger partial charge in [0.05, 0.1) is 0 Å². The van der Waals surface area contributed by atoms with Crippen LogP contribution < -0.4 is 11.5 Å². The molecule has 0 spiro atoms. The largest absolute Gasteiger partial charge is 0.364 e. The summed E-state index contributed by atoms with van der Waals surface area (Å²) in [6, 6.07) is 0.279. The Morgan fingerprint density at radius 3 is 2.27 bits per heavy atom. The van der Waals surface area contributed by atoms with Crippen LogP contribution >= 0.6 is 0 Å². The molecule has 0 fully saturated rings. The molecule has 0 radical (unpaired) electrons. The minimum Gasteiger partial charge on any atom is -0.364 e. The van der Waals surface area contributed by atoms with E-state index in [9.17, 15) is 0 Å². The van der Waals surface area contributed by atoms with Crippen molar-refractivity contribution in [1.82, 2.24) is 0 Å². The molecule has 0 saturated heterocycles. The lowest BCUT2D eigenvalue weighted by Gasteiger charge is -2.13. The van der Waals surface area contributed by atoms with Crippen molar-refractivity contribution in [3.05, 3.63) is 0 Å². The van der Waals surface area contributed by atoms with Crippen LogP contribution in [-0.2, 0) is 4.74 Å². The maximum Gasteiger partial charge on any atom is 0.105 e. The highest BCUT2D eigenvalue weighted by Gasteiger charge is 2.04. The van der Waals surface area contributed by atoms with Crippen molar-refractivity contribution in [1.29, 1.82) is 0 Å². The van der Waals surface area contributed by atoms with Gasteiger partial charge < -0.3 is 16.2 Å². The van der Waals surface area contributed by atoms with Gasteiger partial charge >= 0.3 is 0 Å². The number of rotatable bonds is 6.